The standard InChI is InChI=1S/C19H14ClF3O3/c1-11(8-12-2-5-14(6-3-12)19(21,22)23)17(24)9-13-4-7-15(20)10-16(13)18(25)26/h2-8,10H,9H2,1H3,(H,25,26)/b11-8+. The van der Waals surface area contributed by atoms with E-state index >= 15 is 0 Å². The third-order valence-electron chi connectivity index (χ3n) is 3.71. The molecule has 0 aliphatic carbocycles. The number of hydrogen-bond acceptors (Lipinski definition) is 2. The van der Waals surface area contributed by atoms with Crippen molar-refractivity contribution in [1.29, 1.82) is 0 Å². The molecule has 0 unspecified atom stereocenters. The van der Waals surface area contributed by atoms with E-state index in [4.69, 9.17) is 11.6 Å². The highest BCUT2D eigenvalue weighted by molar-refractivity contribution is 6.31. The summed E-state index contributed by atoms with van der Waals surface area (Å²) < 4.78 is 37.7. The Kier molecular flexibility index (Phi) is 5.87. The van der Waals surface area contributed by atoms with Crippen LogP contribution in [-0.2, 0) is 17.4 Å². The van der Waals surface area contributed by atoms with Crippen LogP contribution < -0.4 is 0 Å². The molecule has 2 aromatic carbocycles. The van der Waals surface area contributed by atoms with Crippen molar-refractivity contribution in [2.24, 2.45) is 0 Å². The van der Waals surface area contributed by atoms with E-state index in [-0.39, 0.29) is 22.8 Å². The van der Waals surface area contributed by atoms with Crippen molar-refractivity contribution in [3.63, 3.8) is 0 Å². The molecule has 0 heterocycles. The van der Waals surface area contributed by atoms with Gasteiger partial charge in [-0.1, -0.05) is 29.8 Å². The molecule has 2 rings (SSSR count). The Balaban J connectivity index is 2.20. The minimum atomic E-state index is -4.42. The van der Waals surface area contributed by atoms with E-state index in [2.05, 4.69) is 0 Å². The van der Waals surface area contributed by atoms with Gasteiger partial charge in [-0.3, -0.25) is 4.79 Å². The number of carbonyl (C=O) groups is 2. The average Bonchev–Trinajstić information content (AvgIpc) is 2.55. The average molecular weight is 383 g/mol. The van der Waals surface area contributed by atoms with Crippen molar-refractivity contribution in [2.45, 2.75) is 19.5 Å². The molecule has 0 atom stereocenters. The Morgan fingerprint density at radius 2 is 1.73 bits per heavy atom. The van der Waals surface area contributed by atoms with E-state index in [0.717, 1.165) is 12.1 Å². The van der Waals surface area contributed by atoms with E-state index in [1.807, 2.05) is 0 Å². The maximum absolute atomic E-state index is 12.6. The van der Waals surface area contributed by atoms with E-state index < -0.39 is 17.7 Å². The number of carboxylic acids is 1. The second-order valence-electron chi connectivity index (χ2n) is 5.65. The SMILES string of the molecule is C/C(=C\c1ccc(C(F)(F)F)cc1)C(=O)Cc1ccc(Cl)cc1C(=O)O. The van der Waals surface area contributed by atoms with Gasteiger partial charge in [0.25, 0.3) is 0 Å². The maximum Gasteiger partial charge on any atom is 0.416 e. The Labute approximate surface area is 152 Å². The summed E-state index contributed by atoms with van der Waals surface area (Å²) in [6.07, 6.45) is -3.12. The molecule has 0 fully saturated rings. The molecule has 0 aliphatic rings. The zero-order valence-electron chi connectivity index (χ0n) is 13.6. The predicted molar refractivity (Wildman–Crippen MR) is 92.2 cm³/mol. The number of ketones is 1. The van der Waals surface area contributed by atoms with Gasteiger partial charge in [-0.2, -0.15) is 13.2 Å². The van der Waals surface area contributed by atoms with Gasteiger partial charge in [-0.05, 0) is 54.0 Å². The molecular weight excluding hydrogens is 369 g/mol. The number of benzene rings is 2. The number of allylic oxidation sites excluding steroid dienone is 1. The summed E-state index contributed by atoms with van der Waals surface area (Å²) in [4.78, 5) is 23.6. The lowest BCUT2D eigenvalue weighted by Gasteiger charge is -2.08. The number of carboxylic acid groups (broad SMARTS) is 1. The Morgan fingerprint density at radius 3 is 2.27 bits per heavy atom. The van der Waals surface area contributed by atoms with E-state index in [0.29, 0.717) is 16.7 Å². The van der Waals surface area contributed by atoms with Crippen LogP contribution in [-0.4, -0.2) is 16.9 Å². The monoisotopic (exact) mass is 382 g/mol. The van der Waals surface area contributed by atoms with Gasteiger partial charge in [0.05, 0.1) is 11.1 Å². The molecule has 7 heteroatoms. The molecule has 0 saturated carbocycles. The molecule has 0 saturated heterocycles. The van der Waals surface area contributed by atoms with Crippen molar-refractivity contribution < 1.29 is 27.9 Å². The highest BCUT2D eigenvalue weighted by Gasteiger charge is 2.29. The van der Waals surface area contributed by atoms with Crippen LogP contribution in [0, 0.1) is 0 Å². The van der Waals surface area contributed by atoms with Crippen molar-refractivity contribution in [3.8, 4) is 0 Å². The van der Waals surface area contributed by atoms with Gasteiger partial charge < -0.3 is 5.11 Å². The van der Waals surface area contributed by atoms with Crippen LogP contribution in [0.1, 0.15) is 34.0 Å². The number of halogens is 4. The third kappa shape index (κ3) is 4.95. The molecular formula is C19H14ClF3O3. The minimum Gasteiger partial charge on any atom is -0.478 e. The molecule has 0 spiro atoms. The van der Waals surface area contributed by atoms with Gasteiger partial charge in [-0.15, -0.1) is 0 Å². The minimum absolute atomic E-state index is 0.0619. The summed E-state index contributed by atoms with van der Waals surface area (Å²) in [5.74, 6) is -1.53. The van der Waals surface area contributed by atoms with E-state index in [9.17, 15) is 27.9 Å². The van der Waals surface area contributed by atoms with Gasteiger partial charge in [0.2, 0.25) is 0 Å². The number of alkyl halides is 3. The van der Waals surface area contributed by atoms with Crippen LogP contribution in [0.2, 0.25) is 5.02 Å². The molecule has 0 aliphatic heterocycles. The van der Waals surface area contributed by atoms with Crippen molar-refractivity contribution in [3.05, 3.63) is 75.3 Å². The summed E-state index contributed by atoms with van der Waals surface area (Å²) >= 11 is 5.77. The van der Waals surface area contributed by atoms with Crippen molar-refractivity contribution in [1.82, 2.24) is 0 Å². The van der Waals surface area contributed by atoms with Crippen LogP contribution in [0.4, 0.5) is 13.2 Å². The Hall–Kier alpha value is -2.60. The lowest BCUT2D eigenvalue weighted by molar-refractivity contribution is -0.137. The molecule has 0 aromatic heterocycles. The second kappa shape index (κ2) is 7.74. The molecule has 136 valence electrons. The van der Waals surface area contributed by atoms with Crippen LogP contribution in [0.15, 0.2) is 48.0 Å². The largest absolute Gasteiger partial charge is 0.478 e. The topological polar surface area (TPSA) is 54.4 Å². The van der Waals surface area contributed by atoms with E-state index in [1.165, 1.54) is 43.3 Å². The zero-order chi connectivity index (χ0) is 19.5. The van der Waals surface area contributed by atoms with Gasteiger partial charge >= 0.3 is 12.1 Å². The second-order valence-corrected chi connectivity index (χ2v) is 6.09. The third-order valence-corrected chi connectivity index (χ3v) is 3.95. The highest BCUT2D eigenvalue weighted by Crippen LogP contribution is 2.29. The molecule has 1 N–H and O–H groups in total. The number of rotatable bonds is 5. The number of Topliss-reactive ketones (excluding diaryl/α,β-unsaturated/α-hetero) is 1. The zero-order valence-corrected chi connectivity index (χ0v) is 14.4. The maximum atomic E-state index is 12.6. The number of hydrogen-bond donors (Lipinski definition) is 1. The molecule has 3 nitrogen and oxygen atoms in total. The summed E-state index contributed by atoms with van der Waals surface area (Å²) in [6, 6.07) is 8.63. The molecule has 0 amide bonds. The Bertz CT molecular complexity index is 869. The van der Waals surface area contributed by atoms with Gasteiger partial charge in [0.15, 0.2) is 5.78 Å². The van der Waals surface area contributed by atoms with Crippen LogP contribution in [0.25, 0.3) is 6.08 Å². The predicted octanol–water partition coefficient (Wildman–Crippen LogP) is 5.27. The lowest BCUT2D eigenvalue weighted by Crippen LogP contribution is -2.09. The number of aromatic carboxylic acids is 1. The fraction of sp³-hybridized carbons (Fsp3) is 0.158. The van der Waals surface area contributed by atoms with Crippen LogP contribution >= 0.6 is 11.6 Å². The summed E-state index contributed by atoms with van der Waals surface area (Å²) in [6.45, 7) is 1.52. The van der Waals surface area contributed by atoms with Gasteiger partial charge in [0.1, 0.15) is 0 Å². The summed E-state index contributed by atoms with van der Waals surface area (Å²) in [5.41, 5.74) is 0.223. The van der Waals surface area contributed by atoms with Crippen LogP contribution in [0.5, 0.6) is 0 Å². The molecule has 0 bridgehead atoms. The first-order chi connectivity index (χ1) is 12.1. The van der Waals surface area contributed by atoms with Crippen LogP contribution in [0.3, 0.4) is 0 Å². The first-order valence-electron chi connectivity index (χ1n) is 7.48. The fourth-order valence-electron chi connectivity index (χ4n) is 2.31. The lowest BCUT2D eigenvalue weighted by atomic mass is 9.98. The van der Waals surface area contributed by atoms with Crippen molar-refractivity contribution >= 4 is 29.4 Å². The normalized spacial score (nSPS) is 12.1. The smallest absolute Gasteiger partial charge is 0.416 e. The fourth-order valence-corrected chi connectivity index (χ4v) is 2.49. The Morgan fingerprint density at radius 1 is 1.12 bits per heavy atom. The van der Waals surface area contributed by atoms with Crippen molar-refractivity contribution in [2.75, 3.05) is 0 Å². The van der Waals surface area contributed by atoms with Gasteiger partial charge in [0, 0.05) is 11.4 Å². The molecule has 2 aromatic rings. The molecule has 0 radical (unpaired) electrons. The first kappa shape index (κ1) is 19.7. The highest BCUT2D eigenvalue weighted by atomic mass is 35.5. The number of carbonyl (C=O) groups excluding carboxylic acids is 1. The molecule has 26 heavy (non-hydrogen) atoms. The quantitative estimate of drug-likeness (QED) is 0.716. The van der Waals surface area contributed by atoms with E-state index in [1.54, 1.807) is 0 Å². The van der Waals surface area contributed by atoms with Gasteiger partial charge in [-0.25, -0.2) is 4.79 Å². The first-order valence-corrected chi connectivity index (χ1v) is 7.86. The summed E-state index contributed by atoms with van der Waals surface area (Å²) in [7, 11) is 0. The summed E-state index contributed by atoms with van der Waals surface area (Å²) in [5, 5.41) is 9.44.